The second-order valence-corrected chi connectivity index (χ2v) is 7.09. The number of rotatable bonds is 6. The van der Waals surface area contributed by atoms with Gasteiger partial charge in [0.2, 0.25) is 0 Å². The third-order valence-electron chi connectivity index (χ3n) is 4.64. The number of nitrogens with zero attached hydrogens (tertiary/aromatic N) is 1. The molecule has 0 saturated heterocycles. The van der Waals surface area contributed by atoms with E-state index in [4.69, 9.17) is 16.3 Å². The first-order valence-electron chi connectivity index (χ1n) is 9.48. The third-order valence-corrected chi connectivity index (χ3v) is 5.01. The number of hydrogen-bond acceptors (Lipinski definition) is 3. The Morgan fingerprint density at radius 1 is 0.900 bits per heavy atom. The van der Waals surface area contributed by atoms with Crippen molar-refractivity contribution in [1.82, 2.24) is 5.43 Å². The minimum Gasteiger partial charge on any atom is -0.488 e. The highest BCUT2D eigenvalue weighted by molar-refractivity contribution is 6.31. The summed E-state index contributed by atoms with van der Waals surface area (Å²) in [6.07, 6.45) is 1.57. The summed E-state index contributed by atoms with van der Waals surface area (Å²) in [5, 5.41) is 6.85. The maximum absolute atomic E-state index is 12.4. The standard InChI is InChI=1S/C25H19ClN2O2/c26-23-11-5-3-10-22(23)17-30-24-12-6-4-9-21(24)16-27-28-25(29)20-14-13-18-7-1-2-8-19(18)15-20/h1-16H,17H2,(H,28,29)/b27-16-. The second-order valence-electron chi connectivity index (χ2n) is 6.68. The van der Waals surface area contributed by atoms with Crippen molar-refractivity contribution in [3.05, 3.63) is 113 Å². The summed E-state index contributed by atoms with van der Waals surface area (Å²) in [5.74, 6) is 0.382. The van der Waals surface area contributed by atoms with Gasteiger partial charge in [0.05, 0.1) is 6.21 Å². The monoisotopic (exact) mass is 414 g/mol. The number of halogens is 1. The maximum atomic E-state index is 12.4. The molecule has 1 amide bonds. The molecule has 0 unspecified atom stereocenters. The highest BCUT2D eigenvalue weighted by Crippen LogP contribution is 2.21. The van der Waals surface area contributed by atoms with Crippen LogP contribution in [0.3, 0.4) is 0 Å². The van der Waals surface area contributed by atoms with Gasteiger partial charge in [-0.25, -0.2) is 5.43 Å². The van der Waals surface area contributed by atoms with Crippen LogP contribution in [0.2, 0.25) is 5.02 Å². The molecule has 0 saturated carbocycles. The van der Waals surface area contributed by atoms with Crippen LogP contribution in [0.4, 0.5) is 0 Å². The summed E-state index contributed by atoms with van der Waals surface area (Å²) in [5.41, 5.74) is 4.78. The number of fused-ring (bicyclic) bond motifs is 1. The van der Waals surface area contributed by atoms with Gasteiger partial charge in [-0.3, -0.25) is 4.79 Å². The van der Waals surface area contributed by atoms with E-state index in [9.17, 15) is 4.79 Å². The Balaban J connectivity index is 1.43. The number of carbonyl (C=O) groups is 1. The Kier molecular flexibility index (Phi) is 6.06. The van der Waals surface area contributed by atoms with Crippen LogP contribution in [-0.2, 0) is 6.61 Å². The molecule has 0 aliphatic rings. The molecule has 30 heavy (non-hydrogen) atoms. The van der Waals surface area contributed by atoms with Crippen LogP contribution >= 0.6 is 11.6 Å². The lowest BCUT2D eigenvalue weighted by molar-refractivity contribution is 0.0955. The third kappa shape index (κ3) is 4.67. The first-order chi connectivity index (χ1) is 14.7. The number of amides is 1. The molecule has 148 valence electrons. The molecule has 0 bridgehead atoms. The number of carbonyl (C=O) groups excluding carboxylic acids is 1. The summed E-state index contributed by atoms with van der Waals surface area (Å²) in [7, 11) is 0. The number of para-hydroxylation sites is 1. The first-order valence-corrected chi connectivity index (χ1v) is 9.86. The minimum absolute atomic E-state index is 0.272. The zero-order chi connectivity index (χ0) is 20.8. The molecule has 0 aliphatic heterocycles. The summed E-state index contributed by atoms with van der Waals surface area (Å²) in [6, 6.07) is 28.5. The molecule has 0 radical (unpaired) electrons. The molecule has 1 N–H and O–H groups in total. The second kappa shape index (κ2) is 9.25. The van der Waals surface area contributed by atoms with E-state index in [1.165, 1.54) is 0 Å². The SMILES string of the molecule is O=C(N/N=C\c1ccccc1OCc1ccccc1Cl)c1ccc2ccccc2c1. The summed E-state index contributed by atoms with van der Waals surface area (Å²) < 4.78 is 5.91. The van der Waals surface area contributed by atoms with Gasteiger partial charge in [-0.15, -0.1) is 0 Å². The summed E-state index contributed by atoms with van der Waals surface area (Å²) in [6.45, 7) is 0.341. The highest BCUT2D eigenvalue weighted by Gasteiger charge is 2.06. The normalized spacial score (nSPS) is 11.0. The van der Waals surface area contributed by atoms with Crippen LogP contribution in [0.25, 0.3) is 10.8 Å². The number of ether oxygens (including phenoxy) is 1. The highest BCUT2D eigenvalue weighted by atomic mass is 35.5. The largest absolute Gasteiger partial charge is 0.488 e. The Hall–Kier alpha value is -3.63. The van der Waals surface area contributed by atoms with Crippen molar-refractivity contribution in [2.24, 2.45) is 5.10 Å². The Labute approximate surface area is 179 Å². The van der Waals surface area contributed by atoms with Crippen LogP contribution in [0.1, 0.15) is 21.5 Å². The lowest BCUT2D eigenvalue weighted by Crippen LogP contribution is -2.17. The fourth-order valence-corrected chi connectivity index (χ4v) is 3.24. The van der Waals surface area contributed by atoms with Crippen molar-refractivity contribution in [3.63, 3.8) is 0 Å². The van der Waals surface area contributed by atoms with Gasteiger partial charge in [-0.05, 0) is 41.1 Å². The summed E-state index contributed by atoms with van der Waals surface area (Å²) >= 11 is 6.19. The molecule has 0 heterocycles. The van der Waals surface area contributed by atoms with E-state index in [1.807, 2.05) is 84.9 Å². The van der Waals surface area contributed by atoms with Gasteiger partial charge >= 0.3 is 0 Å². The molecule has 0 aliphatic carbocycles. The molecule has 4 aromatic rings. The van der Waals surface area contributed by atoms with Gasteiger partial charge in [-0.2, -0.15) is 5.10 Å². The molecule has 0 spiro atoms. The van der Waals surface area contributed by atoms with E-state index in [0.29, 0.717) is 22.9 Å². The lowest BCUT2D eigenvalue weighted by atomic mass is 10.1. The lowest BCUT2D eigenvalue weighted by Gasteiger charge is -2.10. The van der Waals surface area contributed by atoms with Crippen LogP contribution in [-0.4, -0.2) is 12.1 Å². The van der Waals surface area contributed by atoms with Crippen molar-refractivity contribution >= 4 is 34.5 Å². The number of benzene rings is 4. The van der Waals surface area contributed by atoms with Crippen LogP contribution in [0.15, 0.2) is 96.1 Å². The van der Waals surface area contributed by atoms with Gasteiger partial charge in [-0.1, -0.05) is 72.3 Å². The number of nitrogens with one attached hydrogen (secondary N) is 1. The molecule has 4 aromatic carbocycles. The maximum Gasteiger partial charge on any atom is 0.271 e. The van der Waals surface area contributed by atoms with E-state index in [1.54, 1.807) is 12.3 Å². The van der Waals surface area contributed by atoms with Crippen molar-refractivity contribution < 1.29 is 9.53 Å². The molecular formula is C25H19ClN2O2. The van der Waals surface area contributed by atoms with Gasteiger partial charge in [0.25, 0.3) is 5.91 Å². The molecule has 0 fully saturated rings. The van der Waals surface area contributed by atoms with E-state index >= 15 is 0 Å². The average molecular weight is 415 g/mol. The predicted molar refractivity (Wildman–Crippen MR) is 121 cm³/mol. The smallest absolute Gasteiger partial charge is 0.271 e. The molecule has 4 rings (SSSR count). The zero-order valence-electron chi connectivity index (χ0n) is 16.1. The van der Waals surface area contributed by atoms with Crippen LogP contribution < -0.4 is 10.2 Å². The fraction of sp³-hybridized carbons (Fsp3) is 0.0400. The Bertz CT molecular complexity index is 1220. The van der Waals surface area contributed by atoms with Crippen LogP contribution in [0.5, 0.6) is 5.75 Å². The van der Waals surface area contributed by atoms with Gasteiger partial charge < -0.3 is 4.74 Å². The fourth-order valence-electron chi connectivity index (χ4n) is 3.05. The van der Waals surface area contributed by atoms with Crippen LogP contribution in [0, 0.1) is 0 Å². The molecule has 0 aromatic heterocycles. The van der Waals surface area contributed by atoms with Gasteiger partial charge in [0.1, 0.15) is 12.4 Å². The predicted octanol–water partition coefficient (Wildman–Crippen LogP) is 5.84. The van der Waals surface area contributed by atoms with Crippen molar-refractivity contribution in [2.75, 3.05) is 0 Å². The Morgan fingerprint density at radius 2 is 1.63 bits per heavy atom. The topological polar surface area (TPSA) is 50.7 Å². The number of hydrazone groups is 1. The quantitative estimate of drug-likeness (QED) is 0.318. The number of hydrogen-bond donors (Lipinski definition) is 1. The molecule has 5 heteroatoms. The first kappa shape index (κ1) is 19.7. The van der Waals surface area contributed by atoms with Gasteiger partial charge in [0, 0.05) is 21.7 Å². The van der Waals surface area contributed by atoms with E-state index in [-0.39, 0.29) is 5.91 Å². The zero-order valence-corrected chi connectivity index (χ0v) is 16.8. The van der Waals surface area contributed by atoms with Crippen molar-refractivity contribution in [1.29, 1.82) is 0 Å². The Morgan fingerprint density at radius 3 is 2.50 bits per heavy atom. The molecule has 4 nitrogen and oxygen atoms in total. The van der Waals surface area contributed by atoms with E-state index in [2.05, 4.69) is 10.5 Å². The molecule has 0 atom stereocenters. The molecular weight excluding hydrogens is 396 g/mol. The van der Waals surface area contributed by atoms with E-state index < -0.39 is 0 Å². The minimum atomic E-state index is -0.272. The van der Waals surface area contributed by atoms with Gasteiger partial charge in [0.15, 0.2) is 0 Å². The van der Waals surface area contributed by atoms with Crippen molar-refractivity contribution in [2.45, 2.75) is 6.61 Å². The van der Waals surface area contributed by atoms with E-state index in [0.717, 1.165) is 21.9 Å². The van der Waals surface area contributed by atoms with Crippen molar-refractivity contribution in [3.8, 4) is 5.75 Å². The average Bonchev–Trinajstić information content (AvgIpc) is 2.79. The summed E-state index contributed by atoms with van der Waals surface area (Å²) in [4.78, 5) is 12.4.